The van der Waals surface area contributed by atoms with Gasteiger partial charge in [0, 0.05) is 49.0 Å². The zero-order chi connectivity index (χ0) is 14.1. The number of anilines is 1. The molecule has 0 saturated carbocycles. The van der Waals surface area contributed by atoms with E-state index in [2.05, 4.69) is 69.9 Å². The summed E-state index contributed by atoms with van der Waals surface area (Å²) in [6.07, 6.45) is 2.14. The molecule has 3 nitrogen and oxygen atoms in total. The molecule has 0 bridgehead atoms. The standard InChI is InChI=1S/C18H19N3/c1-4-8-18-14(5-1)11-19-9-10-21(18)13-15-12-20-17-7-3-2-6-16(15)17/h1-8,12,19-20H,9-11,13H2. The molecule has 2 heterocycles. The number of hydrogen-bond donors (Lipinski definition) is 2. The number of nitrogens with one attached hydrogen (secondary N) is 2. The van der Waals surface area contributed by atoms with Gasteiger partial charge in [0.05, 0.1) is 0 Å². The number of para-hydroxylation sites is 2. The molecule has 3 aromatic rings. The first-order chi connectivity index (χ1) is 10.4. The van der Waals surface area contributed by atoms with Crippen LogP contribution in [0.5, 0.6) is 0 Å². The van der Waals surface area contributed by atoms with E-state index in [1.54, 1.807) is 0 Å². The van der Waals surface area contributed by atoms with Gasteiger partial charge in [0.15, 0.2) is 0 Å². The minimum atomic E-state index is 0.947. The van der Waals surface area contributed by atoms with Crippen LogP contribution < -0.4 is 10.2 Å². The van der Waals surface area contributed by atoms with E-state index in [0.717, 1.165) is 26.2 Å². The van der Waals surface area contributed by atoms with Gasteiger partial charge in [-0.15, -0.1) is 0 Å². The summed E-state index contributed by atoms with van der Waals surface area (Å²) in [7, 11) is 0. The summed E-state index contributed by atoms with van der Waals surface area (Å²) >= 11 is 0. The van der Waals surface area contributed by atoms with Gasteiger partial charge in [0.1, 0.15) is 0 Å². The fourth-order valence-electron chi connectivity index (χ4n) is 3.16. The molecule has 0 saturated heterocycles. The fraction of sp³-hybridized carbons (Fsp3) is 0.222. The van der Waals surface area contributed by atoms with E-state index in [9.17, 15) is 0 Å². The number of rotatable bonds is 2. The second-order valence-corrected chi connectivity index (χ2v) is 5.59. The summed E-state index contributed by atoms with van der Waals surface area (Å²) in [4.78, 5) is 5.85. The lowest BCUT2D eigenvalue weighted by Gasteiger charge is -2.24. The number of fused-ring (bicyclic) bond motifs is 2. The second kappa shape index (κ2) is 5.26. The van der Waals surface area contributed by atoms with Crippen molar-refractivity contribution in [2.24, 2.45) is 0 Å². The average molecular weight is 277 g/mol. The number of hydrogen-bond acceptors (Lipinski definition) is 2. The largest absolute Gasteiger partial charge is 0.366 e. The smallest absolute Gasteiger partial charge is 0.0457 e. The van der Waals surface area contributed by atoms with Crippen LogP contribution in [-0.4, -0.2) is 18.1 Å². The Balaban J connectivity index is 1.71. The van der Waals surface area contributed by atoms with Gasteiger partial charge in [0.25, 0.3) is 0 Å². The van der Waals surface area contributed by atoms with Crippen molar-refractivity contribution < 1.29 is 0 Å². The van der Waals surface area contributed by atoms with Crippen LogP contribution in [0.2, 0.25) is 0 Å². The molecule has 1 aliphatic heterocycles. The predicted octanol–water partition coefficient (Wildman–Crippen LogP) is 3.28. The summed E-state index contributed by atoms with van der Waals surface area (Å²) in [5.74, 6) is 0. The Hall–Kier alpha value is -2.26. The lowest BCUT2D eigenvalue weighted by molar-refractivity contribution is 0.689. The Kier molecular flexibility index (Phi) is 3.13. The molecule has 0 spiro atoms. The Morgan fingerprint density at radius 2 is 1.86 bits per heavy atom. The van der Waals surface area contributed by atoms with E-state index in [0.29, 0.717) is 0 Å². The Morgan fingerprint density at radius 1 is 1.00 bits per heavy atom. The van der Waals surface area contributed by atoms with Crippen LogP contribution in [-0.2, 0) is 13.1 Å². The van der Waals surface area contributed by atoms with Crippen LogP contribution >= 0.6 is 0 Å². The van der Waals surface area contributed by atoms with E-state index in [1.165, 1.54) is 27.7 Å². The molecule has 0 unspecified atom stereocenters. The third kappa shape index (κ3) is 2.30. The van der Waals surface area contributed by atoms with Gasteiger partial charge in [-0.3, -0.25) is 0 Å². The Bertz CT molecular complexity index is 760. The van der Waals surface area contributed by atoms with Gasteiger partial charge in [0.2, 0.25) is 0 Å². The van der Waals surface area contributed by atoms with Crippen molar-refractivity contribution in [2.75, 3.05) is 18.0 Å². The molecule has 0 aliphatic carbocycles. The molecule has 1 aromatic heterocycles. The molecule has 4 rings (SSSR count). The Labute approximate surface area is 124 Å². The molecule has 0 radical (unpaired) electrons. The van der Waals surface area contributed by atoms with Gasteiger partial charge in [-0.1, -0.05) is 36.4 Å². The van der Waals surface area contributed by atoms with Crippen molar-refractivity contribution >= 4 is 16.6 Å². The molecule has 0 atom stereocenters. The first-order valence-electron chi connectivity index (χ1n) is 7.50. The van der Waals surface area contributed by atoms with Crippen molar-refractivity contribution in [3.05, 3.63) is 65.9 Å². The van der Waals surface area contributed by atoms with Gasteiger partial charge in [-0.05, 0) is 23.3 Å². The van der Waals surface area contributed by atoms with Crippen molar-refractivity contribution in [3.63, 3.8) is 0 Å². The molecular weight excluding hydrogens is 258 g/mol. The van der Waals surface area contributed by atoms with E-state index >= 15 is 0 Å². The van der Waals surface area contributed by atoms with Gasteiger partial charge < -0.3 is 15.2 Å². The maximum atomic E-state index is 3.50. The van der Waals surface area contributed by atoms with Crippen molar-refractivity contribution in [3.8, 4) is 0 Å². The highest BCUT2D eigenvalue weighted by atomic mass is 15.2. The van der Waals surface area contributed by atoms with Crippen molar-refractivity contribution in [2.45, 2.75) is 13.1 Å². The van der Waals surface area contributed by atoms with Crippen LogP contribution in [0.25, 0.3) is 10.9 Å². The fourth-order valence-corrected chi connectivity index (χ4v) is 3.16. The van der Waals surface area contributed by atoms with Crippen LogP contribution in [0.3, 0.4) is 0 Å². The number of aromatic amines is 1. The topological polar surface area (TPSA) is 31.1 Å². The first-order valence-corrected chi connectivity index (χ1v) is 7.50. The van der Waals surface area contributed by atoms with Crippen LogP contribution in [0.15, 0.2) is 54.7 Å². The summed E-state index contributed by atoms with van der Waals surface area (Å²) < 4.78 is 0. The second-order valence-electron chi connectivity index (χ2n) is 5.59. The number of benzene rings is 2. The molecule has 0 amide bonds. The van der Waals surface area contributed by atoms with Crippen molar-refractivity contribution in [1.29, 1.82) is 0 Å². The third-order valence-corrected chi connectivity index (χ3v) is 4.24. The molecule has 3 heteroatoms. The monoisotopic (exact) mass is 277 g/mol. The highest BCUT2D eigenvalue weighted by Crippen LogP contribution is 2.26. The van der Waals surface area contributed by atoms with Crippen LogP contribution in [0.4, 0.5) is 5.69 Å². The average Bonchev–Trinajstić information content (AvgIpc) is 2.82. The minimum absolute atomic E-state index is 0.947. The number of H-pyrrole nitrogens is 1. The summed E-state index contributed by atoms with van der Waals surface area (Å²) in [6, 6.07) is 17.2. The van der Waals surface area contributed by atoms with E-state index in [4.69, 9.17) is 0 Å². The predicted molar refractivity (Wildman–Crippen MR) is 87.5 cm³/mol. The zero-order valence-electron chi connectivity index (χ0n) is 12.0. The summed E-state index contributed by atoms with van der Waals surface area (Å²) in [5.41, 5.74) is 5.32. The lowest BCUT2D eigenvalue weighted by Crippen LogP contribution is -2.28. The first kappa shape index (κ1) is 12.5. The maximum absolute atomic E-state index is 3.50. The number of aromatic nitrogens is 1. The van der Waals surface area contributed by atoms with E-state index in [-0.39, 0.29) is 0 Å². The van der Waals surface area contributed by atoms with Crippen LogP contribution in [0, 0.1) is 0 Å². The molecule has 2 N–H and O–H groups in total. The molecule has 106 valence electrons. The summed E-state index contributed by atoms with van der Waals surface area (Å²) in [5, 5.41) is 4.83. The van der Waals surface area contributed by atoms with E-state index < -0.39 is 0 Å². The van der Waals surface area contributed by atoms with Crippen LogP contribution in [0.1, 0.15) is 11.1 Å². The third-order valence-electron chi connectivity index (χ3n) is 4.24. The summed E-state index contributed by atoms with van der Waals surface area (Å²) in [6.45, 7) is 3.97. The molecule has 0 fully saturated rings. The van der Waals surface area contributed by atoms with Crippen molar-refractivity contribution in [1.82, 2.24) is 10.3 Å². The molecule has 21 heavy (non-hydrogen) atoms. The molecule has 1 aliphatic rings. The SMILES string of the molecule is c1ccc2c(c1)CNCCN2Cc1c[nH]c2ccccc12. The van der Waals surface area contributed by atoms with Gasteiger partial charge in [-0.25, -0.2) is 0 Å². The normalized spacial score (nSPS) is 15.0. The van der Waals surface area contributed by atoms with Gasteiger partial charge >= 0.3 is 0 Å². The van der Waals surface area contributed by atoms with Gasteiger partial charge in [-0.2, -0.15) is 0 Å². The highest BCUT2D eigenvalue weighted by Gasteiger charge is 2.15. The molecule has 2 aromatic carbocycles. The maximum Gasteiger partial charge on any atom is 0.0457 e. The number of nitrogens with zero attached hydrogens (tertiary/aromatic N) is 1. The lowest BCUT2D eigenvalue weighted by atomic mass is 10.1. The minimum Gasteiger partial charge on any atom is -0.366 e. The zero-order valence-corrected chi connectivity index (χ0v) is 12.0. The van der Waals surface area contributed by atoms with E-state index in [1.807, 2.05) is 0 Å². The quantitative estimate of drug-likeness (QED) is 0.753. The Morgan fingerprint density at radius 3 is 2.86 bits per heavy atom. The highest BCUT2D eigenvalue weighted by molar-refractivity contribution is 5.83. The molecular formula is C18H19N3.